The normalized spacial score (nSPS) is 15.4. The zero-order chi connectivity index (χ0) is 11.4. The summed E-state index contributed by atoms with van der Waals surface area (Å²) in [5.41, 5.74) is 2.02. The molecule has 1 aliphatic heterocycles. The number of hydrogen-bond donors (Lipinski definition) is 1. The van der Waals surface area contributed by atoms with Gasteiger partial charge in [-0.05, 0) is 44.2 Å². The van der Waals surface area contributed by atoms with E-state index in [9.17, 15) is 4.79 Å². The lowest BCUT2D eigenvalue weighted by Gasteiger charge is -2.17. The number of anilines is 1. The number of nitrogens with one attached hydrogen (secondary N) is 1. The van der Waals surface area contributed by atoms with Gasteiger partial charge in [-0.3, -0.25) is 4.79 Å². The lowest BCUT2D eigenvalue weighted by molar-refractivity contribution is 0.0993. The highest BCUT2D eigenvalue weighted by atomic mass is 16.1. The minimum atomic E-state index is 0.149. The van der Waals surface area contributed by atoms with E-state index in [1.807, 2.05) is 24.3 Å². The number of nitrogens with zero attached hydrogens (tertiary/aromatic N) is 1. The molecule has 16 heavy (non-hydrogen) atoms. The molecule has 86 valence electrons. The van der Waals surface area contributed by atoms with Crippen LogP contribution in [0.1, 0.15) is 23.2 Å². The van der Waals surface area contributed by atoms with E-state index < -0.39 is 0 Å². The molecule has 1 aromatic rings. The van der Waals surface area contributed by atoms with Gasteiger partial charge in [-0.2, -0.15) is 0 Å². The van der Waals surface area contributed by atoms with Gasteiger partial charge in [0, 0.05) is 24.3 Å². The van der Waals surface area contributed by atoms with Crippen LogP contribution in [0.4, 0.5) is 5.69 Å². The standard InChI is InChI=1S/C13H18N2O/c1-14-10-13(16)11-4-6-12(7-5-11)15-8-2-3-9-15/h4-7,14H,2-3,8-10H2,1H3. The molecular formula is C13H18N2O. The first-order chi connectivity index (χ1) is 7.81. The van der Waals surface area contributed by atoms with Gasteiger partial charge in [0.25, 0.3) is 0 Å². The number of carbonyl (C=O) groups is 1. The van der Waals surface area contributed by atoms with E-state index in [4.69, 9.17) is 0 Å². The summed E-state index contributed by atoms with van der Waals surface area (Å²) in [4.78, 5) is 14.0. The number of rotatable bonds is 4. The van der Waals surface area contributed by atoms with Crippen molar-refractivity contribution in [3.8, 4) is 0 Å². The molecule has 1 saturated heterocycles. The minimum absolute atomic E-state index is 0.149. The van der Waals surface area contributed by atoms with Crippen molar-refractivity contribution >= 4 is 11.5 Å². The van der Waals surface area contributed by atoms with Crippen LogP contribution in [-0.4, -0.2) is 32.5 Å². The number of Topliss-reactive ketones (excluding diaryl/α,β-unsaturated/α-hetero) is 1. The third-order valence-corrected chi connectivity index (χ3v) is 3.00. The Balaban J connectivity index is 2.06. The van der Waals surface area contributed by atoms with Gasteiger partial charge in [-0.15, -0.1) is 0 Å². The quantitative estimate of drug-likeness (QED) is 0.781. The lowest BCUT2D eigenvalue weighted by Crippen LogP contribution is -2.19. The molecule has 0 aromatic heterocycles. The van der Waals surface area contributed by atoms with Gasteiger partial charge in [0.15, 0.2) is 5.78 Å². The first-order valence-electron chi connectivity index (χ1n) is 5.84. The average Bonchev–Trinajstić information content (AvgIpc) is 2.83. The van der Waals surface area contributed by atoms with Crippen LogP contribution in [0.3, 0.4) is 0 Å². The maximum atomic E-state index is 11.6. The van der Waals surface area contributed by atoms with Gasteiger partial charge in [0.2, 0.25) is 0 Å². The zero-order valence-electron chi connectivity index (χ0n) is 9.70. The molecule has 0 aliphatic carbocycles. The molecule has 1 heterocycles. The highest BCUT2D eigenvalue weighted by Gasteiger charge is 2.12. The van der Waals surface area contributed by atoms with Gasteiger partial charge in [-0.1, -0.05) is 0 Å². The summed E-state index contributed by atoms with van der Waals surface area (Å²) in [6.45, 7) is 2.69. The SMILES string of the molecule is CNCC(=O)c1ccc(N2CCCC2)cc1. The maximum absolute atomic E-state index is 11.6. The number of benzene rings is 1. The smallest absolute Gasteiger partial charge is 0.176 e. The Morgan fingerprint density at radius 2 is 1.88 bits per heavy atom. The van der Waals surface area contributed by atoms with Crippen LogP contribution in [0.2, 0.25) is 0 Å². The summed E-state index contributed by atoms with van der Waals surface area (Å²) in [7, 11) is 1.79. The van der Waals surface area contributed by atoms with Gasteiger partial charge in [-0.25, -0.2) is 0 Å². The molecular weight excluding hydrogens is 200 g/mol. The first-order valence-corrected chi connectivity index (χ1v) is 5.84. The Hall–Kier alpha value is -1.35. The highest BCUT2D eigenvalue weighted by molar-refractivity contribution is 5.97. The van der Waals surface area contributed by atoms with E-state index in [-0.39, 0.29) is 5.78 Å². The Bertz CT molecular complexity index is 353. The molecule has 3 heteroatoms. The van der Waals surface area contributed by atoms with E-state index in [0.29, 0.717) is 6.54 Å². The van der Waals surface area contributed by atoms with Gasteiger partial charge in [0.1, 0.15) is 0 Å². The Kier molecular flexibility index (Phi) is 3.57. The van der Waals surface area contributed by atoms with E-state index in [1.54, 1.807) is 7.05 Å². The van der Waals surface area contributed by atoms with Crippen molar-refractivity contribution in [1.82, 2.24) is 5.32 Å². The van der Waals surface area contributed by atoms with Crippen LogP contribution in [0.5, 0.6) is 0 Å². The Labute approximate surface area is 96.5 Å². The van der Waals surface area contributed by atoms with E-state index in [1.165, 1.54) is 18.5 Å². The van der Waals surface area contributed by atoms with Crippen molar-refractivity contribution in [2.45, 2.75) is 12.8 Å². The van der Waals surface area contributed by atoms with Crippen LogP contribution in [0, 0.1) is 0 Å². The van der Waals surface area contributed by atoms with Gasteiger partial charge < -0.3 is 10.2 Å². The van der Waals surface area contributed by atoms with Crippen LogP contribution < -0.4 is 10.2 Å². The largest absolute Gasteiger partial charge is 0.372 e. The summed E-state index contributed by atoms with van der Waals surface area (Å²) >= 11 is 0. The topological polar surface area (TPSA) is 32.3 Å². The third kappa shape index (κ3) is 2.42. The molecule has 0 unspecified atom stereocenters. The predicted octanol–water partition coefficient (Wildman–Crippen LogP) is 1.69. The minimum Gasteiger partial charge on any atom is -0.372 e. The molecule has 0 spiro atoms. The molecule has 3 nitrogen and oxygen atoms in total. The Morgan fingerprint density at radius 3 is 2.44 bits per heavy atom. The second kappa shape index (κ2) is 5.12. The molecule has 1 fully saturated rings. The number of carbonyl (C=O) groups excluding carboxylic acids is 1. The van der Waals surface area contributed by atoms with Crippen molar-refractivity contribution in [3.05, 3.63) is 29.8 Å². The average molecular weight is 218 g/mol. The first kappa shape index (κ1) is 11.1. The van der Waals surface area contributed by atoms with E-state index in [0.717, 1.165) is 18.7 Å². The third-order valence-electron chi connectivity index (χ3n) is 3.00. The lowest BCUT2D eigenvalue weighted by atomic mass is 10.1. The fraction of sp³-hybridized carbons (Fsp3) is 0.462. The number of hydrogen-bond acceptors (Lipinski definition) is 3. The molecule has 0 radical (unpaired) electrons. The molecule has 0 amide bonds. The molecule has 0 atom stereocenters. The monoisotopic (exact) mass is 218 g/mol. The predicted molar refractivity (Wildman–Crippen MR) is 66.1 cm³/mol. The van der Waals surface area contributed by atoms with Crippen LogP contribution in [0.25, 0.3) is 0 Å². The van der Waals surface area contributed by atoms with Crippen LogP contribution in [0.15, 0.2) is 24.3 Å². The van der Waals surface area contributed by atoms with Crippen molar-refractivity contribution in [1.29, 1.82) is 0 Å². The zero-order valence-corrected chi connectivity index (χ0v) is 9.70. The maximum Gasteiger partial charge on any atom is 0.176 e. The molecule has 1 aromatic carbocycles. The molecule has 1 N–H and O–H groups in total. The summed E-state index contributed by atoms with van der Waals surface area (Å²) in [5.74, 6) is 0.149. The summed E-state index contributed by atoms with van der Waals surface area (Å²) < 4.78 is 0. The fourth-order valence-corrected chi connectivity index (χ4v) is 2.10. The summed E-state index contributed by atoms with van der Waals surface area (Å²) in [5, 5.41) is 2.88. The summed E-state index contributed by atoms with van der Waals surface area (Å²) in [6.07, 6.45) is 2.56. The molecule has 2 rings (SSSR count). The highest BCUT2D eigenvalue weighted by Crippen LogP contribution is 2.20. The second-order valence-corrected chi connectivity index (χ2v) is 4.19. The molecule has 1 aliphatic rings. The van der Waals surface area contributed by atoms with Gasteiger partial charge >= 0.3 is 0 Å². The molecule has 0 bridgehead atoms. The van der Waals surface area contributed by atoms with Gasteiger partial charge in [0.05, 0.1) is 6.54 Å². The fourth-order valence-electron chi connectivity index (χ4n) is 2.10. The summed E-state index contributed by atoms with van der Waals surface area (Å²) in [6, 6.07) is 7.95. The Morgan fingerprint density at radius 1 is 1.25 bits per heavy atom. The van der Waals surface area contributed by atoms with Crippen molar-refractivity contribution in [3.63, 3.8) is 0 Å². The van der Waals surface area contributed by atoms with E-state index in [2.05, 4.69) is 10.2 Å². The van der Waals surface area contributed by atoms with Crippen molar-refractivity contribution < 1.29 is 4.79 Å². The van der Waals surface area contributed by atoms with Crippen LogP contribution >= 0.6 is 0 Å². The van der Waals surface area contributed by atoms with Crippen molar-refractivity contribution in [2.24, 2.45) is 0 Å². The van der Waals surface area contributed by atoms with E-state index >= 15 is 0 Å². The number of likely N-dealkylation sites (N-methyl/N-ethyl adjacent to an activating group) is 1. The van der Waals surface area contributed by atoms with Crippen LogP contribution in [-0.2, 0) is 0 Å². The second-order valence-electron chi connectivity index (χ2n) is 4.19. The molecule has 0 saturated carbocycles. The van der Waals surface area contributed by atoms with Crippen molar-refractivity contribution in [2.75, 3.05) is 31.6 Å². The number of ketones is 1.